The molecule has 5 nitrogen and oxygen atoms in total. The van der Waals surface area contributed by atoms with Crippen LogP contribution >= 0.6 is 0 Å². The zero-order chi connectivity index (χ0) is 15.2. The number of carbonyl (C=O) groups is 2. The predicted molar refractivity (Wildman–Crippen MR) is 79.3 cm³/mol. The predicted octanol–water partition coefficient (Wildman–Crippen LogP) is 2.66. The molecule has 2 rings (SSSR count). The average molecular weight is 284 g/mol. The van der Waals surface area contributed by atoms with E-state index in [9.17, 15) is 9.59 Å². The molecule has 2 aromatic rings. The summed E-state index contributed by atoms with van der Waals surface area (Å²) in [5.74, 6) is -1.21. The van der Waals surface area contributed by atoms with Crippen molar-refractivity contribution in [3.05, 3.63) is 59.4 Å². The van der Waals surface area contributed by atoms with Gasteiger partial charge in [-0.05, 0) is 31.0 Å². The van der Waals surface area contributed by atoms with E-state index in [-0.39, 0.29) is 11.6 Å². The van der Waals surface area contributed by atoms with Crippen LogP contribution in [0.1, 0.15) is 28.0 Å². The first-order chi connectivity index (χ1) is 10.0. The van der Waals surface area contributed by atoms with Crippen molar-refractivity contribution < 1.29 is 14.7 Å². The molecule has 0 unspecified atom stereocenters. The first-order valence-corrected chi connectivity index (χ1v) is 6.59. The van der Waals surface area contributed by atoms with Crippen molar-refractivity contribution in [3.8, 4) is 0 Å². The molecule has 108 valence electrons. The highest BCUT2D eigenvalue weighted by Gasteiger charge is 2.06. The summed E-state index contributed by atoms with van der Waals surface area (Å²) < 4.78 is 0. The number of aromatic nitrogens is 1. The molecule has 0 spiro atoms. The number of carboxylic acids is 1. The van der Waals surface area contributed by atoms with Gasteiger partial charge < -0.3 is 10.4 Å². The average Bonchev–Trinajstić information content (AvgIpc) is 2.46. The molecule has 0 bridgehead atoms. The third kappa shape index (κ3) is 4.42. The Kier molecular flexibility index (Phi) is 4.66. The summed E-state index contributed by atoms with van der Waals surface area (Å²) in [6, 6.07) is 10.9. The van der Waals surface area contributed by atoms with E-state index in [1.54, 1.807) is 0 Å². The Labute approximate surface area is 122 Å². The lowest BCUT2D eigenvalue weighted by Crippen LogP contribution is -2.13. The highest BCUT2D eigenvalue weighted by molar-refractivity contribution is 5.91. The van der Waals surface area contributed by atoms with Gasteiger partial charge in [0.1, 0.15) is 5.69 Å². The van der Waals surface area contributed by atoms with Gasteiger partial charge in [0, 0.05) is 6.42 Å². The molecule has 0 fully saturated rings. The number of hydrogen-bond donors (Lipinski definition) is 2. The van der Waals surface area contributed by atoms with Crippen LogP contribution in [-0.4, -0.2) is 22.0 Å². The Morgan fingerprint density at radius 3 is 2.67 bits per heavy atom. The number of amides is 1. The standard InChI is InChI=1S/C16H16N2O3/c1-11-3-2-4-12(9-11)5-8-15(19)18-13-6-7-14(16(20)21)17-10-13/h2-4,6-7,9-10H,5,8H2,1H3,(H,18,19)(H,20,21). The monoisotopic (exact) mass is 284 g/mol. The van der Waals surface area contributed by atoms with E-state index >= 15 is 0 Å². The molecule has 1 amide bonds. The first kappa shape index (κ1) is 14.7. The lowest BCUT2D eigenvalue weighted by molar-refractivity contribution is -0.116. The number of nitrogens with one attached hydrogen (secondary N) is 1. The van der Waals surface area contributed by atoms with Crippen molar-refractivity contribution in [1.82, 2.24) is 4.98 Å². The molecule has 21 heavy (non-hydrogen) atoms. The molecule has 0 atom stereocenters. The number of aryl methyl sites for hydroxylation is 2. The molecule has 1 aromatic carbocycles. The zero-order valence-corrected chi connectivity index (χ0v) is 11.7. The maximum Gasteiger partial charge on any atom is 0.354 e. The topological polar surface area (TPSA) is 79.3 Å². The van der Waals surface area contributed by atoms with Crippen LogP contribution in [0.15, 0.2) is 42.6 Å². The van der Waals surface area contributed by atoms with Crippen molar-refractivity contribution in [2.75, 3.05) is 5.32 Å². The van der Waals surface area contributed by atoms with Gasteiger partial charge in [-0.1, -0.05) is 29.8 Å². The fraction of sp³-hybridized carbons (Fsp3) is 0.188. The molecule has 0 aliphatic carbocycles. The summed E-state index contributed by atoms with van der Waals surface area (Å²) in [4.78, 5) is 26.3. The fourth-order valence-electron chi connectivity index (χ4n) is 1.94. The fourth-order valence-corrected chi connectivity index (χ4v) is 1.94. The van der Waals surface area contributed by atoms with Crippen LogP contribution in [0.3, 0.4) is 0 Å². The van der Waals surface area contributed by atoms with Gasteiger partial charge in [-0.3, -0.25) is 4.79 Å². The number of nitrogens with zero attached hydrogens (tertiary/aromatic N) is 1. The van der Waals surface area contributed by atoms with E-state index in [1.807, 2.05) is 25.1 Å². The second-order valence-corrected chi connectivity index (χ2v) is 4.77. The Bertz CT molecular complexity index is 651. The number of rotatable bonds is 5. The molecule has 1 heterocycles. The summed E-state index contributed by atoms with van der Waals surface area (Å²) in [5.41, 5.74) is 2.73. The molecular formula is C16H16N2O3. The van der Waals surface area contributed by atoms with E-state index < -0.39 is 5.97 Å². The van der Waals surface area contributed by atoms with Gasteiger partial charge in [-0.2, -0.15) is 0 Å². The first-order valence-electron chi connectivity index (χ1n) is 6.59. The highest BCUT2D eigenvalue weighted by atomic mass is 16.4. The van der Waals surface area contributed by atoms with Gasteiger partial charge in [0.2, 0.25) is 5.91 Å². The summed E-state index contributed by atoms with van der Waals surface area (Å²) in [6.07, 6.45) is 2.37. The number of benzene rings is 1. The van der Waals surface area contributed by atoms with Gasteiger partial charge in [0.25, 0.3) is 0 Å². The lowest BCUT2D eigenvalue weighted by Gasteiger charge is -2.06. The molecule has 1 aromatic heterocycles. The summed E-state index contributed by atoms with van der Waals surface area (Å²) >= 11 is 0. The normalized spacial score (nSPS) is 10.1. The molecule has 0 aliphatic rings. The Balaban J connectivity index is 1.88. The molecule has 0 aliphatic heterocycles. The summed E-state index contributed by atoms with van der Waals surface area (Å²) in [6.45, 7) is 2.01. The maximum absolute atomic E-state index is 11.8. The van der Waals surface area contributed by atoms with Gasteiger partial charge >= 0.3 is 5.97 Å². The van der Waals surface area contributed by atoms with Crippen molar-refractivity contribution in [2.45, 2.75) is 19.8 Å². The van der Waals surface area contributed by atoms with Crippen molar-refractivity contribution in [1.29, 1.82) is 0 Å². The van der Waals surface area contributed by atoms with E-state index in [4.69, 9.17) is 5.11 Å². The van der Waals surface area contributed by atoms with Crippen LogP contribution < -0.4 is 5.32 Å². The molecule has 0 radical (unpaired) electrons. The Morgan fingerprint density at radius 2 is 2.05 bits per heavy atom. The Morgan fingerprint density at radius 1 is 1.24 bits per heavy atom. The maximum atomic E-state index is 11.8. The van der Waals surface area contributed by atoms with Crippen LogP contribution in [0, 0.1) is 6.92 Å². The molecular weight excluding hydrogens is 268 g/mol. The van der Waals surface area contributed by atoms with Crippen LogP contribution in [0.25, 0.3) is 0 Å². The van der Waals surface area contributed by atoms with Gasteiger partial charge in [0.15, 0.2) is 0 Å². The lowest BCUT2D eigenvalue weighted by atomic mass is 10.1. The molecule has 0 saturated heterocycles. The molecule has 5 heteroatoms. The number of hydrogen-bond acceptors (Lipinski definition) is 3. The minimum absolute atomic E-state index is 0.0484. The largest absolute Gasteiger partial charge is 0.477 e. The van der Waals surface area contributed by atoms with Crippen molar-refractivity contribution in [2.24, 2.45) is 0 Å². The smallest absolute Gasteiger partial charge is 0.354 e. The number of aromatic carboxylic acids is 1. The van der Waals surface area contributed by atoms with E-state index in [1.165, 1.54) is 23.9 Å². The van der Waals surface area contributed by atoms with Gasteiger partial charge in [-0.25, -0.2) is 9.78 Å². The summed E-state index contributed by atoms with van der Waals surface area (Å²) in [7, 11) is 0. The molecule has 0 saturated carbocycles. The second-order valence-electron chi connectivity index (χ2n) is 4.77. The quantitative estimate of drug-likeness (QED) is 0.884. The SMILES string of the molecule is Cc1cccc(CCC(=O)Nc2ccc(C(=O)O)nc2)c1. The van der Waals surface area contributed by atoms with Crippen LogP contribution in [-0.2, 0) is 11.2 Å². The number of carbonyl (C=O) groups excluding carboxylic acids is 1. The van der Waals surface area contributed by atoms with E-state index in [0.29, 0.717) is 18.5 Å². The third-order valence-electron chi connectivity index (χ3n) is 2.99. The summed E-state index contributed by atoms with van der Waals surface area (Å²) in [5, 5.41) is 11.4. The highest BCUT2D eigenvalue weighted by Crippen LogP contribution is 2.09. The van der Waals surface area contributed by atoms with E-state index in [0.717, 1.165) is 5.56 Å². The Hall–Kier alpha value is -2.69. The number of carboxylic acid groups (broad SMARTS) is 1. The minimum atomic E-state index is -1.09. The van der Waals surface area contributed by atoms with E-state index in [2.05, 4.69) is 16.4 Å². The van der Waals surface area contributed by atoms with Crippen LogP contribution in [0.2, 0.25) is 0 Å². The number of pyridine rings is 1. The van der Waals surface area contributed by atoms with Gasteiger partial charge in [0.05, 0.1) is 11.9 Å². The third-order valence-corrected chi connectivity index (χ3v) is 2.99. The van der Waals surface area contributed by atoms with Gasteiger partial charge in [-0.15, -0.1) is 0 Å². The molecule has 2 N–H and O–H groups in total. The zero-order valence-electron chi connectivity index (χ0n) is 11.7. The van der Waals surface area contributed by atoms with Crippen LogP contribution in [0.5, 0.6) is 0 Å². The van der Waals surface area contributed by atoms with Crippen LogP contribution in [0.4, 0.5) is 5.69 Å². The van der Waals surface area contributed by atoms with Crippen molar-refractivity contribution in [3.63, 3.8) is 0 Å². The number of anilines is 1. The van der Waals surface area contributed by atoms with Crippen molar-refractivity contribution >= 4 is 17.6 Å². The second kappa shape index (κ2) is 6.65. The minimum Gasteiger partial charge on any atom is -0.477 e.